The Labute approximate surface area is 157 Å². The highest BCUT2D eigenvalue weighted by molar-refractivity contribution is 7.46. The van der Waals surface area contributed by atoms with Crippen LogP contribution in [-0.2, 0) is 27.2 Å². The zero-order chi connectivity index (χ0) is 21.8. The molecule has 0 aromatic rings. The van der Waals surface area contributed by atoms with E-state index in [2.05, 4.69) is 18.1 Å². The molecule has 4 unspecified atom stereocenters. The first kappa shape index (κ1) is 33.7. The molecule has 0 heterocycles. The van der Waals surface area contributed by atoms with Crippen LogP contribution in [0.3, 0.4) is 0 Å². The molecule has 0 saturated heterocycles. The van der Waals surface area contributed by atoms with Crippen LogP contribution in [0.5, 0.6) is 0 Å². The van der Waals surface area contributed by atoms with Crippen LogP contribution in [-0.4, -0.2) is 51.9 Å². The molecule has 26 heavy (non-hydrogen) atoms. The number of hydrogen-bond acceptors (Lipinski definition) is 10. The molecule has 0 aliphatic rings. The Kier molecular flexibility index (Phi) is 27.8. The molecule has 0 spiro atoms. The van der Waals surface area contributed by atoms with E-state index >= 15 is 0 Å². The van der Waals surface area contributed by atoms with Crippen LogP contribution >= 0.6 is 15.6 Å². The number of phosphoric acid groups is 2. The van der Waals surface area contributed by atoms with Gasteiger partial charge < -0.3 is 38.1 Å². The third-order valence-electron chi connectivity index (χ3n) is 2.88. The van der Waals surface area contributed by atoms with Gasteiger partial charge in [-0.1, -0.05) is 40.5 Å². The molecule has 4 atom stereocenters. The molecular weight excluding hydrogens is 390 g/mol. The fourth-order valence-electron chi connectivity index (χ4n) is 0.778. The SMILES string of the molecule is CCC(C)COP(=O)([O-])OC.CCC(C)COP(=O)([O-])OC.CO.CO. The van der Waals surface area contributed by atoms with E-state index in [-0.39, 0.29) is 25.0 Å². The van der Waals surface area contributed by atoms with E-state index in [0.29, 0.717) is 0 Å². The van der Waals surface area contributed by atoms with Gasteiger partial charge in [-0.05, 0) is 11.8 Å². The smallest absolute Gasteiger partial charge is 0.267 e. The Morgan fingerprint density at radius 3 is 1.15 bits per heavy atom. The summed E-state index contributed by atoms with van der Waals surface area (Å²) in [6.45, 7) is 8.16. The first-order valence-electron chi connectivity index (χ1n) is 7.95. The van der Waals surface area contributed by atoms with Crippen molar-refractivity contribution in [3.63, 3.8) is 0 Å². The minimum absolute atomic E-state index is 0.200. The van der Waals surface area contributed by atoms with E-state index < -0.39 is 15.6 Å². The lowest BCUT2D eigenvalue weighted by Gasteiger charge is -2.21. The highest BCUT2D eigenvalue weighted by atomic mass is 31.2. The molecule has 0 saturated carbocycles. The molecule has 2 N–H and O–H groups in total. The van der Waals surface area contributed by atoms with E-state index in [1.165, 1.54) is 0 Å². The minimum Gasteiger partial charge on any atom is -0.756 e. The van der Waals surface area contributed by atoms with Gasteiger partial charge in [0.2, 0.25) is 0 Å². The van der Waals surface area contributed by atoms with Gasteiger partial charge in [0, 0.05) is 28.4 Å². The second-order valence-corrected chi connectivity index (χ2v) is 7.91. The van der Waals surface area contributed by atoms with Gasteiger partial charge in [0.15, 0.2) is 0 Å². The average molecular weight is 426 g/mol. The third-order valence-corrected chi connectivity index (χ3v) is 4.70. The third kappa shape index (κ3) is 26.4. The molecule has 0 rings (SSSR count). The van der Waals surface area contributed by atoms with Crippen molar-refractivity contribution in [3.8, 4) is 0 Å². The van der Waals surface area contributed by atoms with E-state index in [9.17, 15) is 18.9 Å². The second kappa shape index (κ2) is 21.4. The summed E-state index contributed by atoms with van der Waals surface area (Å²) in [6, 6.07) is 0. The Morgan fingerprint density at radius 2 is 1.00 bits per heavy atom. The van der Waals surface area contributed by atoms with Crippen LogP contribution in [0.15, 0.2) is 0 Å². The van der Waals surface area contributed by atoms with Crippen molar-refractivity contribution >= 4 is 15.6 Å². The van der Waals surface area contributed by atoms with Crippen LogP contribution in [0.4, 0.5) is 0 Å². The van der Waals surface area contributed by atoms with Crippen molar-refractivity contribution < 1.29 is 47.2 Å². The maximum atomic E-state index is 10.6. The second-order valence-electron chi connectivity index (χ2n) is 4.88. The fraction of sp³-hybridized carbons (Fsp3) is 1.00. The predicted molar refractivity (Wildman–Crippen MR) is 96.3 cm³/mol. The molecule has 0 amide bonds. The lowest BCUT2D eigenvalue weighted by atomic mass is 10.1. The minimum atomic E-state index is -3.99. The van der Waals surface area contributed by atoms with Crippen molar-refractivity contribution in [2.45, 2.75) is 40.5 Å². The molecule has 164 valence electrons. The van der Waals surface area contributed by atoms with E-state index in [0.717, 1.165) is 41.3 Å². The fourth-order valence-corrected chi connectivity index (χ4v) is 1.86. The lowest BCUT2D eigenvalue weighted by molar-refractivity contribution is -0.225. The number of phosphoric ester groups is 2. The molecule has 0 fully saturated rings. The molecule has 0 aromatic carbocycles. The van der Waals surface area contributed by atoms with Gasteiger partial charge >= 0.3 is 0 Å². The van der Waals surface area contributed by atoms with Crippen LogP contribution in [0, 0.1) is 11.8 Å². The van der Waals surface area contributed by atoms with Crippen LogP contribution < -0.4 is 9.79 Å². The maximum Gasteiger partial charge on any atom is 0.267 e. The Morgan fingerprint density at radius 1 is 0.769 bits per heavy atom. The zero-order valence-corrected chi connectivity index (χ0v) is 18.8. The molecule has 12 heteroatoms. The normalized spacial score (nSPS) is 16.8. The standard InChI is InChI=1S/2C6H15O4P.2CH4O/c2*1-4-6(2)5-10-11(7,8)9-3;2*1-2/h2*6H,4-5H2,1-3H3,(H,7,8);2*2H,1H3/p-2. The van der Waals surface area contributed by atoms with Crippen molar-refractivity contribution in [1.82, 2.24) is 0 Å². The van der Waals surface area contributed by atoms with Gasteiger partial charge in [0.05, 0.1) is 13.2 Å². The predicted octanol–water partition coefficient (Wildman–Crippen LogP) is 1.54. The largest absolute Gasteiger partial charge is 0.756 e. The van der Waals surface area contributed by atoms with E-state index in [1.54, 1.807) is 0 Å². The summed E-state index contributed by atoms with van der Waals surface area (Å²) < 4.78 is 38.4. The first-order valence-corrected chi connectivity index (χ1v) is 10.9. The summed E-state index contributed by atoms with van der Waals surface area (Å²) in [6.07, 6.45) is 1.79. The van der Waals surface area contributed by atoms with Crippen molar-refractivity contribution in [2.24, 2.45) is 11.8 Å². The molecule has 0 aromatic heterocycles. The van der Waals surface area contributed by atoms with Crippen molar-refractivity contribution in [1.29, 1.82) is 0 Å². The molecule has 0 aliphatic heterocycles. The summed E-state index contributed by atoms with van der Waals surface area (Å²) in [7, 11) is -3.81. The van der Waals surface area contributed by atoms with Crippen molar-refractivity contribution in [2.75, 3.05) is 41.7 Å². The monoisotopic (exact) mass is 426 g/mol. The topological polar surface area (TPSA) is 158 Å². The van der Waals surface area contributed by atoms with Gasteiger partial charge in [0.25, 0.3) is 15.6 Å². The summed E-state index contributed by atoms with van der Waals surface area (Å²) in [4.78, 5) is 21.2. The Bertz CT molecular complexity index is 334. The summed E-state index contributed by atoms with van der Waals surface area (Å²) in [5.41, 5.74) is 0. The van der Waals surface area contributed by atoms with Gasteiger partial charge in [0.1, 0.15) is 0 Å². The van der Waals surface area contributed by atoms with Crippen LogP contribution in [0.2, 0.25) is 0 Å². The highest BCUT2D eigenvalue weighted by Gasteiger charge is 2.08. The van der Waals surface area contributed by atoms with Gasteiger partial charge in [-0.2, -0.15) is 0 Å². The molecule has 0 aliphatic carbocycles. The zero-order valence-electron chi connectivity index (χ0n) is 17.0. The number of aliphatic hydroxyl groups is 2. The molecular formula is C14H36O10P2-2. The number of hydrogen-bond donors (Lipinski definition) is 2. The summed E-state index contributed by atoms with van der Waals surface area (Å²) in [5.74, 6) is 0.486. The van der Waals surface area contributed by atoms with E-state index in [1.807, 2.05) is 27.7 Å². The maximum absolute atomic E-state index is 10.6. The van der Waals surface area contributed by atoms with E-state index in [4.69, 9.17) is 10.2 Å². The van der Waals surface area contributed by atoms with Gasteiger partial charge in [-0.25, -0.2) is 0 Å². The molecule has 0 radical (unpaired) electrons. The Balaban J connectivity index is -0.000000156. The number of rotatable bonds is 10. The molecule has 0 bridgehead atoms. The quantitative estimate of drug-likeness (QED) is 0.491. The lowest BCUT2D eigenvalue weighted by Crippen LogP contribution is -2.11. The average Bonchev–Trinajstić information content (AvgIpc) is 2.67. The van der Waals surface area contributed by atoms with Crippen LogP contribution in [0.1, 0.15) is 40.5 Å². The van der Waals surface area contributed by atoms with Crippen LogP contribution in [0.25, 0.3) is 0 Å². The first-order chi connectivity index (χ1) is 12.0. The highest BCUT2D eigenvalue weighted by Crippen LogP contribution is 2.37. The van der Waals surface area contributed by atoms with Gasteiger partial charge in [-0.15, -0.1) is 0 Å². The Hall–Kier alpha value is 0.140. The number of aliphatic hydroxyl groups excluding tert-OH is 2. The molecule has 10 nitrogen and oxygen atoms in total. The summed E-state index contributed by atoms with van der Waals surface area (Å²) >= 11 is 0. The van der Waals surface area contributed by atoms with Gasteiger partial charge in [-0.3, -0.25) is 9.13 Å². The summed E-state index contributed by atoms with van der Waals surface area (Å²) in [5, 5.41) is 14.0. The van der Waals surface area contributed by atoms with Crippen molar-refractivity contribution in [3.05, 3.63) is 0 Å².